The zero-order chi connectivity index (χ0) is 15.0. The van der Waals surface area contributed by atoms with Gasteiger partial charge >= 0.3 is 0 Å². The summed E-state index contributed by atoms with van der Waals surface area (Å²) in [5, 5.41) is 9.68. The minimum Gasteiger partial charge on any atom is -0.395 e. The van der Waals surface area contributed by atoms with Gasteiger partial charge in [-0.05, 0) is 18.6 Å². The smallest absolute Gasteiger partial charge is 0.275 e. The lowest BCUT2D eigenvalue weighted by atomic mass is 9.93. The molecule has 0 spiro atoms. The van der Waals surface area contributed by atoms with Crippen LogP contribution in [0.25, 0.3) is 11.0 Å². The average Bonchev–Trinajstić information content (AvgIpc) is 2.86. The molecule has 3 N–H and O–H groups in total. The summed E-state index contributed by atoms with van der Waals surface area (Å²) in [6, 6.07) is 6.27. The Morgan fingerprint density at radius 1 is 1.33 bits per heavy atom. The van der Waals surface area contributed by atoms with E-state index in [1.165, 1.54) is 6.07 Å². The van der Waals surface area contributed by atoms with Crippen molar-refractivity contribution in [3.8, 4) is 0 Å². The zero-order valence-corrected chi connectivity index (χ0v) is 11.4. The number of hydrogen-bond donors (Lipinski definition) is 3. The molecule has 0 aliphatic heterocycles. The number of aliphatic hydroxyl groups excluding tert-OH is 1. The predicted octanol–water partition coefficient (Wildman–Crippen LogP) is 1.82. The van der Waals surface area contributed by atoms with E-state index in [0.29, 0.717) is 28.0 Å². The van der Waals surface area contributed by atoms with Gasteiger partial charge < -0.3 is 15.1 Å². The van der Waals surface area contributed by atoms with E-state index >= 15 is 0 Å². The molecule has 2 heterocycles. The van der Waals surface area contributed by atoms with Crippen LogP contribution in [0.1, 0.15) is 22.9 Å². The number of hydrogen-bond acceptors (Lipinski definition) is 3. The van der Waals surface area contributed by atoms with Crippen LogP contribution in [0.3, 0.4) is 0 Å². The quantitative estimate of drug-likeness (QED) is 0.687. The highest BCUT2D eigenvalue weighted by Gasteiger charge is 2.22. The molecule has 3 rings (SSSR count). The lowest BCUT2D eigenvalue weighted by molar-refractivity contribution is 0.278. The number of aryl methyl sites for hydroxylation is 1. The Labute approximate surface area is 119 Å². The van der Waals surface area contributed by atoms with E-state index in [1.807, 2.05) is 0 Å². The minimum absolute atomic E-state index is 0.276. The lowest BCUT2D eigenvalue weighted by Gasteiger charge is -2.14. The van der Waals surface area contributed by atoms with Gasteiger partial charge in [-0.25, -0.2) is 9.37 Å². The largest absolute Gasteiger partial charge is 0.395 e. The molecule has 108 valence electrons. The molecule has 0 aliphatic carbocycles. The first-order chi connectivity index (χ1) is 10.1. The standard InChI is InChI=1S/C15H14FN3O2/c1-8-18-13-10(6-17-14(13)15(21)19-8)11(7-20)9-4-2-3-5-12(9)16/h2-6,11,17,20H,7H2,1H3,(H,18,19,21). The number of aromatic nitrogens is 3. The van der Waals surface area contributed by atoms with Gasteiger partial charge in [0.2, 0.25) is 0 Å². The Morgan fingerprint density at radius 2 is 2.10 bits per heavy atom. The van der Waals surface area contributed by atoms with E-state index in [-0.39, 0.29) is 12.2 Å². The summed E-state index contributed by atoms with van der Waals surface area (Å²) in [4.78, 5) is 21.6. The number of aromatic amines is 2. The molecule has 0 saturated heterocycles. The first-order valence-corrected chi connectivity index (χ1v) is 6.55. The molecule has 0 saturated carbocycles. The minimum atomic E-state index is -0.575. The van der Waals surface area contributed by atoms with Gasteiger partial charge in [-0.2, -0.15) is 0 Å². The summed E-state index contributed by atoms with van der Waals surface area (Å²) in [7, 11) is 0. The molecule has 0 bridgehead atoms. The lowest BCUT2D eigenvalue weighted by Crippen LogP contribution is -2.11. The number of nitrogens with one attached hydrogen (secondary N) is 2. The van der Waals surface area contributed by atoms with Crippen LogP contribution in [0.5, 0.6) is 0 Å². The maximum atomic E-state index is 14.0. The fraction of sp³-hybridized carbons (Fsp3) is 0.200. The summed E-state index contributed by atoms with van der Waals surface area (Å²) in [5.41, 5.74) is 1.48. The maximum absolute atomic E-state index is 14.0. The number of benzene rings is 1. The van der Waals surface area contributed by atoms with Crippen LogP contribution in [0.4, 0.5) is 4.39 Å². The predicted molar refractivity (Wildman–Crippen MR) is 76.8 cm³/mol. The first-order valence-electron chi connectivity index (χ1n) is 6.55. The van der Waals surface area contributed by atoms with E-state index in [2.05, 4.69) is 15.0 Å². The molecule has 0 amide bonds. The van der Waals surface area contributed by atoms with Crippen LogP contribution in [0.2, 0.25) is 0 Å². The van der Waals surface area contributed by atoms with E-state index in [9.17, 15) is 14.3 Å². The Hall–Kier alpha value is -2.47. The molecule has 0 aliphatic rings. The van der Waals surface area contributed by atoms with Crippen molar-refractivity contribution in [2.24, 2.45) is 0 Å². The molecule has 1 unspecified atom stereocenters. The topological polar surface area (TPSA) is 81.8 Å². The van der Waals surface area contributed by atoms with Crippen molar-refractivity contribution in [2.75, 3.05) is 6.61 Å². The molecule has 1 atom stereocenters. The normalized spacial score (nSPS) is 12.7. The molecule has 21 heavy (non-hydrogen) atoms. The van der Waals surface area contributed by atoms with E-state index in [0.717, 1.165) is 0 Å². The van der Waals surface area contributed by atoms with Crippen molar-refractivity contribution in [3.05, 3.63) is 63.6 Å². The van der Waals surface area contributed by atoms with Gasteiger partial charge in [-0.15, -0.1) is 0 Å². The van der Waals surface area contributed by atoms with Gasteiger partial charge in [0.1, 0.15) is 17.2 Å². The van der Waals surface area contributed by atoms with Gasteiger partial charge in [-0.1, -0.05) is 18.2 Å². The summed E-state index contributed by atoms with van der Waals surface area (Å²) < 4.78 is 14.0. The molecule has 5 nitrogen and oxygen atoms in total. The summed E-state index contributed by atoms with van der Waals surface area (Å²) in [6.45, 7) is 1.40. The number of aliphatic hydroxyl groups is 1. The van der Waals surface area contributed by atoms with Crippen LogP contribution in [0, 0.1) is 12.7 Å². The third-order valence-electron chi connectivity index (χ3n) is 3.52. The molecule has 0 fully saturated rings. The van der Waals surface area contributed by atoms with Gasteiger partial charge in [0.25, 0.3) is 5.56 Å². The molecule has 6 heteroatoms. The second kappa shape index (κ2) is 5.14. The number of halogens is 1. The Morgan fingerprint density at radius 3 is 2.81 bits per heavy atom. The summed E-state index contributed by atoms with van der Waals surface area (Å²) in [5.74, 6) is -0.500. The van der Waals surface area contributed by atoms with Crippen LogP contribution in [-0.4, -0.2) is 26.7 Å². The number of rotatable bonds is 3. The second-order valence-electron chi connectivity index (χ2n) is 4.88. The Balaban J connectivity index is 2.23. The molecule has 2 aromatic heterocycles. The highest BCUT2D eigenvalue weighted by atomic mass is 19.1. The first kappa shape index (κ1) is 13.5. The summed E-state index contributed by atoms with van der Waals surface area (Å²) in [6.07, 6.45) is 1.60. The molecule has 0 radical (unpaired) electrons. The van der Waals surface area contributed by atoms with Crippen molar-refractivity contribution >= 4 is 11.0 Å². The van der Waals surface area contributed by atoms with Crippen LogP contribution >= 0.6 is 0 Å². The second-order valence-corrected chi connectivity index (χ2v) is 4.88. The Kier molecular flexibility index (Phi) is 3.31. The zero-order valence-electron chi connectivity index (χ0n) is 11.4. The van der Waals surface area contributed by atoms with Crippen molar-refractivity contribution < 1.29 is 9.50 Å². The van der Waals surface area contributed by atoms with E-state index < -0.39 is 11.7 Å². The van der Waals surface area contributed by atoms with E-state index in [4.69, 9.17) is 0 Å². The number of H-pyrrole nitrogens is 2. The van der Waals surface area contributed by atoms with Crippen molar-refractivity contribution in [1.29, 1.82) is 0 Å². The molecule has 1 aromatic carbocycles. The van der Waals surface area contributed by atoms with Crippen LogP contribution in [-0.2, 0) is 0 Å². The number of nitrogens with zero attached hydrogens (tertiary/aromatic N) is 1. The van der Waals surface area contributed by atoms with Gasteiger partial charge in [-0.3, -0.25) is 4.79 Å². The van der Waals surface area contributed by atoms with Gasteiger partial charge in [0, 0.05) is 17.7 Å². The maximum Gasteiger partial charge on any atom is 0.275 e. The van der Waals surface area contributed by atoms with Crippen LogP contribution < -0.4 is 5.56 Å². The van der Waals surface area contributed by atoms with Crippen LogP contribution in [0.15, 0.2) is 35.3 Å². The SMILES string of the molecule is Cc1nc2c(C(CO)c3ccccc3F)c[nH]c2c(=O)[nH]1. The fourth-order valence-corrected chi connectivity index (χ4v) is 2.53. The molecular formula is C15H14FN3O2. The Bertz CT molecular complexity index is 853. The van der Waals surface area contributed by atoms with Crippen molar-refractivity contribution in [1.82, 2.24) is 15.0 Å². The van der Waals surface area contributed by atoms with E-state index in [1.54, 1.807) is 31.3 Å². The molecule has 3 aromatic rings. The monoisotopic (exact) mass is 287 g/mol. The highest BCUT2D eigenvalue weighted by molar-refractivity contribution is 5.79. The molecular weight excluding hydrogens is 273 g/mol. The number of fused-ring (bicyclic) bond motifs is 1. The third-order valence-corrected chi connectivity index (χ3v) is 3.52. The highest BCUT2D eigenvalue weighted by Crippen LogP contribution is 2.30. The average molecular weight is 287 g/mol. The summed E-state index contributed by atoms with van der Waals surface area (Å²) >= 11 is 0. The van der Waals surface area contributed by atoms with Gasteiger partial charge in [0.15, 0.2) is 0 Å². The van der Waals surface area contributed by atoms with Crippen molar-refractivity contribution in [3.63, 3.8) is 0 Å². The van der Waals surface area contributed by atoms with Gasteiger partial charge in [0.05, 0.1) is 12.1 Å². The third kappa shape index (κ3) is 2.23. The fourth-order valence-electron chi connectivity index (χ4n) is 2.53. The van der Waals surface area contributed by atoms with Crippen molar-refractivity contribution in [2.45, 2.75) is 12.8 Å².